The lowest BCUT2D eigenvalue weighted by Gasteiger charge is -2.12. The smallest absolute Gasteiger partial charge is 0.310 e. The number of carboxylic acids is 1. The Hall–Kier alpha value is -1.42. The van der Waals surface area contributed by atoms with E-state index >= 15 is 0 Å². The van der Waals surface area contributed by atoms with Crippen LogP contribution < -0.4 is 0 Å². The van der Waals surface area contributed by atoms with E-state index in [1.807, 2.05) is 0 Å². The van der Waals surface area contributed by atoms with Crippen LogP contribution in [0.15, 0.2) is 24.3 Å². The van der Waals surface area contributed by atoms with Crippen molar-refractivity contribution in [1.82, 2.24) is 0 Å². The summed E-state index contributed by atoms with van der Waals surface area (Å²) in [4.78, 5) is 11.1. The molecular weight excluding hydrogens is 223 g/mol. The summed E-state index contributed by atoms with van der Waals surface area (Å²) < 4.78 is 17.9. The van der Waals surface area contributed by atoms with Gasteiger partial charge < -0.3 is 9.84 Å². The molecule has 0 aliphatic rings. The second-order valence-corrected chi connectivity index (χ2v) is 3.93. The molecule has 0 spiro atoms. The van der Waals surface area contributed by atoms with Gasteiger partial charge in [-0.05, 0) is 37.0 Å². The van der Waals surface area contributed by atoms with E-state index in [0.29, 0.717) is 18.6 Å². The van der Waals surface area contributed by atoms with Gasteiger partial charge in [0.15, 0.2) is 0 Å². The van der Waals surface area contributed by atoms with Crippen LogP contribution in [0.4, 0.5) is 4.39 Å². The standard InChI is InChI=1S/C13H17FO3/c1-17-8-3-2-7-12(13(15)16)10-5-4-6-11(14)9-10/h4-6,9,12H,2-3,7-8H2,1H3,(H,15,16). The summed E-state index contributed by atoms with van der Waals surface area (Å²) in [5, 5.41) is 9.12. The van der Waals surface area contributed by atoms with E-state index in [-0.39, 0.29) is 0 Å². The summed E-state index contributed by atoms with van der Waals surface area (Å²) in [5.74, 6) is -1.94. The highest BCUT2D eigenvalue weighted by Gasteiger charge is 2.19. The van der Waals surface area contributed by atoms with E-state index in [4.69, 9.17) is 9.84 Å². The Morgan fingerprint density at radius 3 is 2.82 bits per heavy atom. The van der Waals surface area contributed by atoms with Crippen molar-refractivity contribution in [3.63, 3.8) is 0 Å². The number of benzene rings is 1. The number of aliphatic carboxylic acids is 1. The Kier molecular flexibility index (Phi) is 5.63. The summed E-state index contributed by atoms with van der Waals surface area (Å²) in [5.41, 5.74) is 0.523. The zero-order valence-corrected chi connectivity index (χ0v) is 9.86. The molecular formula is C13H17FO3. The molecule has 0 fully saturated rings. The second kappa shape index (κ2) is 7.01. The number of carboxylic acid groups (broad SMARTS) is 1. The average Bonchev–Trinajstić information content (AvgIpc) is 2.28. The molecule has 94 valence electrons. The van der Waals surface area contributed by atoms with Crippen LogP contribution in [-0.2, 0) is 9.53 Å². The van der Waals surface area contributed by atoms with Crippen LogP contribution in [0.3, 0.4) is 0 Å². The molecule has 0 aromatic heterocycles. The molecule has 1 unspecified atom stereocenters. The third-order valence-corrected chi connectivity index (χ3v) is 2.64. The first-order chi connectivity index (χ1) is 8.15. The number of hydrogen-bond donors (Lipinski definition) is 1. The van der Waals surface area contributed by atoms with Gasteiger partial charge in [0.2, 0.25) is 0 Å². The molecule has 1 aromatic rings. The SMILES string of the molecule is COCCCCC(C(=O)O)c1cccc(F)c1. The van der Waals surface area contributed by atoms with Gasteiger partial charge in [0, 0.05) is 13.7 Å². The third-order valence-electron chi connectivity index (χ3n) is 2.64. The Labute approximate surface area is 100 Å². The van der Waals surface area contributed by atoms with Crippen molar-refractivity contribution in [2.75, 3.05) is 13.7 Å². The van der Waals surface area contributed by atoms with Crippen molar-refractivity contribution >= 4 is 5.97 Å². The van der Waals surface area contributed by atoms with Crippen LogP contribution in [0.5, 0.6) is 0 Å². The maximum Gasteiger partial charge on any atom is 0.310 e. The van der Waals surface area contributed by atoms with Gasteiger partial charge in [-0.2, -0.15) is 0 Å². The highest BCUT2D eigenvalue weighted by Crippen LogP contribution is 2.23. The van der Waals surface area contributed by atoms with E-state index in [9.17, 15) is 9.18 Å². The van der Waals surface area contributed by atoms with Gasteiger partial charge in [0.25, 0.3) is 0 Å². The second-order valence-electron chi connectivity index (χ2n) is 3.93. The molecule has 3 nitrogen and oxygen atoms in total. The Bertz CT molecular complexity index is 365. The summed E-state index contributed by atoms with van der Waals surface area (Å²) in [7, 11) is 1.61. The predicted molar refractivity (Wildman–Crippen MR) is 62.5 cm³/mol. The van der Waals surface area contributed by atoms with Crippen molar-refractivity contribution in [3.8, 4) is 0 Å². The van der Waals surface area contributed by atoms with Crippen LogP contribution >= 0.6 is 0 Å². The fraction of sp³-hybridized carbons (Fsp3) is 0.462. The van der Waals surface area contributed by atoms with Crippen molar-refractivity contribution in [2.45, 2.75) is 25.2 Å². The Balaban J connectivity index is 2.63. The zero-order valence-electron chi connectivity index (χ0n) is 9.86. The van der Waals surface area contributed by atoms with Gasteiger partial charge in [-0.3, -0.25) is 4.79 Å². The number of carbonyl (C=O) groups is 1. The van der Waals surface area contributed by atoms with Crippen molar-refractivity contribution in [2.24, 2.45) is 0 Å². The van der Waals surface area contributed by atoms with E-state index < -0.39 is 17.7 Å². The molecule has 1 atom stereocenters. The van der Waals surface area contributed by atoms with Crippen LogP contribution in [0.25, 0.3) is 0 Å². The van der Waals surface area contributed by atoms with Gasteiger partial charge in [-0.25, -0.2) is 4.39 Å². The molecule has 0 amide bonds. The van der Waals surface area contributed by atoms with Crippen molar-refractivity contribution in [1.29, 1.82) is 0 Å². The van der Waals surface area contributed by atoms with Crippen molar-refractivity contribution < 1.29 is 19.0 Å². The van der Waals surface area contributed by atoms with Crippen LogP contribution in [0, 0.1) is 5.82 Å². The fourth-order valence-corrected chi connectivity index (χ4v) is 1.75. The minimum absolute atomic E-state index is 0.398. The number of halogens is 1. The summed E-state index contributed by atoms with van der Waals surface area (Å²) >= 11 is 0. The number of hydrogen-bond acceptors (Lipinski definition) is 2. The minimum Gasteiger partial charge on any atom is -0.481 e. The first-order valence-corrected chi connectivity index (χ1v) is 5.62. The summed E-state index contributed by atoms with van der Waals surface area (Å²) in [6.07, 6.45) is 2.07. The highest BCUT2D eigenvalue weighted by atomic mass is 19.1. The Morgan fingerprint density at radius 2 is 2.24 bits per heavy atom. The quantitative estimate of drug-likeness (QED) is 0.745. The molecule has 0 heterocycles. The molecule has 4 heteroatoms. The molecule has 1 N–H and O–H groups in total. The molecule has 0 aliphatic carbocycles. The largest absolute Gasteiger partial charge is 0.481 e. The topological polar surface area (TPSA) is 46.5 Å². The lowest BCUT2D eigenvalue weighted by molar-refractivity contribution is -0.139. The van der Waals surface area contributed by atoms with Gasteiger partial charge in [-0.15, -0.1) is 0 Å². The van der Waals surface area contributed by atoms with E-state index in [0.717, 1.165) is 12.8 Å². The molecule has 0 radical (unpaired) electrons. The monoisotopic (exact) mass is 240 g/mol. The maximum atomic E-state index is 13.0. The molecule has 0 bridgehead atoms. The van der Waals surface area contributed by atoms with Crippen LogP contribution in [-0.4, -0.2) is 24.8 Å². The molecule has 1 aromatic carbocycles. The van der Waals surface area contributed by atoms with E-state index in [1.54, 1.807) is 13.2 Å². The minimum atomic E-state index is -0.909. The molecule has 0 aliphatic heterocycles. The van der Waals surface area contributed by atoms with Gasteiger partial charge in [0.05, 0.1) is 5.92 Å². The van der Waals surface area contributed by atoms with E-state index in [2.05, 4.69) is 0 Å². The van der Waals surface area contributed by atoms with Crippen molar-refractivity contribution in [3.05, 3.63) is 35.6 Å². The Morgan fingerprint density at radius 1 is 1.47 bits per heavy atom. The zero-order chi connectivity index (χ0) is 12.7. The van der Waals surface area contributed by atoms with Crippen LogP contribution in [0.2, 0.25) is 0 Å². The number of ether oxygens (including phenoxy) is 1. The summed E-state index contributed by atoms with van der Waals surface area (Å²) in [6.45, 7) is 0.621. The summed E-state index contributed by atoms with van der Waals surface area (Å²) in [6, 6.07) is 5.79. The molecule has 1 rings (SSSR count). The third kappa shape index (κ3) is 4.53. The molecule has 0 saturated heterocycles. The lowest BCUT2D eigenvalue weighted by atomic mass is 9.93. The van der Waals surface area contributed by atoms with Crippen LogP contribution in [0.1, 0.15) is 30.7 Å². The number of unbranched alkanes of at least 4 members (excludes halogenated alkanes) is 1. The fourth-order valence-electron chi connectivity index (χ4n) is 1.75. The molecule has 17 heavy (non-hydrogen) atoms. The molecule has 0 saturated carbocycles. The van der Waals surface area contributed by atoms with E-state index in [1.165, 1.54) is 18.2 Å². The maximum absolute atomic E-state index is 13.0. The normalized spacial score (nSPS) is 12.4. The number of rotatable bonds is 7. The highest BCUT2D eigenvalue weighted by molar-refractivity contribution is 5.75. The van der Waals surface area contributed by atoms with Gasteiger partial charge in [0.1, 0.15) is 5.82 Å². The van der Waals surface area contributed by atoms with Gasteiger partial charge in [-0.1, -0.05) is 12.1 Å². The lowest BCUT2D eigenvalue weighted by Crippen LogP contribution is -2.12. The average molecular weight is 240 g/mol. The predicted octanol–water partition coefficient (Wildman–Crippen LogP) is 2.81. The van der Waals surface area contributed by atoms with Gasteiger partial charge >= 0.3 is 5.97 Å². The first-order valence-electron chi connectivity index (χ1n) is 5.62. The number of methoxy groups -OCH3 is 1. The first kappa shape index (κ1) is 13.6.